The Morgan fingerprint density at radius 3 is 2.89 bits per heavy atom. The Balaban J connectivity index is 2.26. The monoisotopic (exact) mass is 252 g/mol. The van der Waals surface area contributed by atoms with Crippen molar-refractivity contribution in [3.8, 4) is 12.3 Å². The number of benzene rings is 1. The summed E-state index contributed by atoms with van der Waals surface area (Å²) in [4.78, 5) is 11.9. The van der Waals surface area contributed by atoms with Gasteiger partial charge < -0.3 is 4.74 Å². The second kappa shape index (κ2) is 6.06. The lowest BCUT2D eigenvalue weighted by Crippen LogP contribution is -2.03. The molecule has 0 bridgehead atoms. The third-order valence-corrected chi connectivity index (χ3v) is 3.17. The SMILES string of the molecule is C#Cc1ccccc1CC1=C(OCC=C)CCC1=O. The number of Topliss-reactive ketones (excluding diaryl/α,β-unsaturated/α-hetero) is 1. The van der Waals surface area contributed by atoms with E-state index < -0.39 is 0 Å². The van der Waals surface area contributed by atoms with E-state index in [1.165, 1.54) is 0 Å². The van der Waals surface area contributed by atoms with Crippen molar-refractivity contribution in [2.75, 3.05) is 6.61 Å². The summed E-state index contributed by atoms with van der Waals surface area (Å²) >= 11 is 0. The largest absolute Gasteiger partial charge is 0.493 e. The van der Waals surface area contributed by atoms with Crippen LogP contribution in [-0.2, 0) is 16.0 Å². The van der Waals surface area contributed by atoms with E-state index in [4.69, 9.17) is 11.2 Å². The number of rotatable bonds is 5. The average Bonchev–Trinajstić information content (AvgIpc) is 2.78. The molecule has 2 nitrogen and oxygen atoms in total. The van der Waals surface area contributed by atoms with Gasteiger partial charge in [-0.2, -0.15) is 0 Å². The van der Waals surface area contributed by atoms with Crippen LogP contribution in [0.1, 0.15) is 24.0 Å². The predicted molar refractivity (Wildman–Crippen MR) is 75.5 cm³/mol. The summed E-state index contributed by atoms with van der Waals surface area (Å²) in [6, 6.07) is 7.68. The van der Waals surface area contributed by atoms with Crippen molar-refractivity contribution >= 4 is 5.78 Å². The third-order valence-electron chi connectivity index (χ3n) is 3.17. The quantitative estimate of drug-likeness (QED) is 0.594. The molecule has 0 amide bonds. The fraction of sp³-hybridized carbons (Fsp3) is 0.235. The van der Waals surface area contributed by atoms with Crippen LogP contribution in [0.5, 0.6) is 0 Å². The summed E-state index contributed by atoms with van der Waals surface area (Å²) in [5.41, 5.74) is 2.58. The van der Waals surface area contributed by atoms with Crippen molar-refractivity contribution in [1.82, 2.24) is 0 Å². The molecule has 2 heteroatoms. The Morgan fingerprint density at radius 1 is 1.37 bits per heavy atom. The van der Waals surface area contributed by atoms with Crippen molar-refractivity contribution < 1.29 is 9.53 Å². The highest BCUT2D eigenvalue weighted by Gasteiger charge is 2.24. The minimum Gasteiger partial charge on any atom is -0.493 e. The molecule has 0 aliphatic heterocycles. The fourth-order valence-electron chi connectivity index (χ4n) is 2.21. The number of terminal acetylenes is 1. The molecular formula is C17H16O2. The Hall–Kier alpha value is -2.27. The van der Waals surface area contributed by atoms with Gasteiger partial charge in [0, 0.05) is 30.4 Å². The topological polar surface area (TPSA) is 26.3 Å². The maximum Gasteiger partial charge on any atom is 0.163 e. The van der Waals surface area contributed by atoms with Gasteiger partial charge in [0.1, 0.15) is 12.4 Å². The van der Waals surface area contributed by atoms with Crippen LogP contribution >= 0.6 is 0 Å². The normalized spacial score (nSPS) is 14.4. The summed E-state index contributed by atoms with van der Waals surface area (Å²) in [5.74, 6) is 3.60. The lowest BCUT2D eigenvalue weighted by atomic mass is 9.99. The molecule has 0 saturated heterocycles. The van der Waals surface area contributed by atoms with Crippen molar-refractivity contribution in [1.29, 1.82) is 0 Å². The molecule has 19 heavy (non-hydrogen) atoms. The van der Waals surface area contributed by atoms with Crippen molar-refractivity contribution in [3.63, 3.8) is 0 Å². The highest BCUT2D eigenvalue weighted by Crippen LogP contribution is 2.27. The Morgan fingerprint density at radius 2 is 2.16 bits per heavy atom. The number of ketones is 1. The standard InChI is InChI=1S/C17H16O2/c1-3-11-19-17-10-9-16(18)15(17)12-14-8-6-5-7-13(14)4-2/h2-3,5-8H,1,9-12H2. The van der Waals surface area contributed by atoms with E-state index in [0.29, 0.717) is 25.9 Å². The summed E-state index contributed by atoms with van der Waals surface area (Å²) in [6.45, 7) is 4.05. The lowest BCUT2D eigenvalue weighted by molar-refractivity contribution is -0.115. The molecule has 0 saturated carbocycles. The minimum atomic E-state index is 0.158. The second-order valence-corrected chi connectivity index (χ2v) is 4.40. The van der Waals surface area contributed by atoms with Gasteiger partial charge in [-0.1, -0.05) is 36.8 Å². The van der Waals surface area contributed by atoms with Gasteiger partial charge in [0.25, 0.3) is 0 Å². The van der Waals surface area contributed by atoms with Crippen LogP contribution in [0.15, 0.2) is 48.3 Å². The first-order valence-corrected chi connectivity index (χ1v) is 6.29. The number of carbonyl (C=O) groups excluding carboxylic acids is 1. The van der Waals surface area contributed by atoms with Gasteiger partial charge in [-0.15, -0.1) is 6.42 Å². The molecule has 0 N–H and O–H groups in total. The lowest BCUT2D eigenvalue weighted by Gasteiger charge is -2.09. The van der Waals surface area contributed by atoms with Crippen LogP contribution < -0.4 is 0 Å². The maximum absolute atomic E-state index is 11.9. The van der Waals surface area contributed by atoms with Gasteiger partial charge in [0.15, 0.2) is 5.78 Å². The molecule has 0 radical (unpaired) electrons. The summed E-state index contributed by atoms with van der Waals surface area (Å²) in [7, 11) is 0. The molecule has 1 aromatic carbocycles. The number of hydrogen-bond acceptors (Lipinski definition) is 2. The summed E-state index contributed by atoms with van der Waals surface area (Å²) < 4.78 is 5.57. The number of allylic oxidation sites excluding steroid dienone is 2. The van der Waals surface area contributed by atoms with E-state index in [1.54, 1.807) is 6.08 Å². The van der Waals surface area contributed by atoms with E-state index in [2.05, 4.69) is 12.5 Å². The summed E-state index contributed by atoms with van der Waals surface area (Å²) in [6.07, 6.45) is 8.92. The molecule has 1 aliphatic rings. The Bertz CT molecular complexity index is 573. The van der Waals surface area contributed by atoms with Crippen LogP contribution in [0.25, 0.3) is 0 Å². The van der Waals surface area contributed by atoms with Crippen LogP contribution in [0.2, 0.25) is 0 Å². The fourth-order valence-corrected chi connectivity index (χ4v) is 2.21. The van der Waals surface area contributed by atoms with Crippen LogP contribution in [0, 0.1) is 12.3 Å². The van der Waals surface area contributed by atoms with Gasteiger partial charge in [-0.25, -0.2) is 0 Å². The van der Waals surface area contributed by atoms with Gasteiger partial charge in [-0.05, 0) is 11.6 Å². The number of ether oxygens (including phenoxy) is 1. The predicted octanol–water partition coefficient (Wildman–Crippen LogP) is 3.03. The molecule has 0 spiro atoms. The van der Waals surface area contributed by atoms with Crippen molar-refractivity contribution in [3.05, 3.63) is 59.4 Å². The first-order chi connectivity index (χ1) is 9.26. The Kier molecular flexibility index (Phi) is 4.20. The zero-order valence-electron chi connectivity index (χ0n) is 10.8. The zero-order valence-corrected chi connectivity index (χ0v) is 10.8. The minimum absolute atomic E-state index is 0.158. The molecule has 1 aromatic rings. The molecule has 0 unspecified atom stereocenters. The van der Waals surface area contributed by atoms with E-state index in [-0.39, 0.29) is 5.78 Å². The third kappa shape index (κ3) is 2.95. The molecular weight excluding hydrogens is 236 g/mol. The molecule has 0 aromatic heterocycles. The van der Waals surface area contributed by atoms with Gasteiger partial charge in [-0.3, -0.25) is 4.79 Å². The number of hydrogen-bond donors (Lipinski definition) is 0. The molecule has 96 valence electrons. The Labute approximate surface area is 113 Å². The van der Waals surface area contributed by atoms with E-state index in [0.717, 1.165) is 22.5 Å². The van der Waals surface area contributed by atoms with E-state index in [1.807, 2.05) is 24.3 Å². The molecule has 2 rings (SSSR count). The summed E-state index contributed by atoms with van der Waals surface area (Å²) in [5, 5.41) is 0. The van der Waals surface area contributed by atoms with E-state index >= 15 is 0 Å². The van der Waals surface area contributed by atoms with Crippen LogP contribution in [0.4, 0.5) is 0 Å². The molecule has 0 atom stereocenters. The second-order valence-electron chi connectivity index (χ2n) is 4.40. The molecule has 0 heterocycles. The molecule has 0 fully saturated rings. The first kappa shape index (κ1) is 13.2. The van der Waals surface area contributed by atoms with Gasteiger partial charge in [0.2, 0.25) is 0 Å². The highest BCUT2D eigenvalue weighted by molar-refractivity contribution is 5.98. The highest BCUT2D eigenvalue weighted by atomic mass is 16.5. The first-order valence-electron chi connectivity index (χ1n) is 6.29. The van der Waals surface area contributed by atoms with Crippen LogP contribution in [0.3, 0.4) is 0 Å². The van der Waals surface area contributed by atoms with Crippen molar-refractivity contribution in [2.24, 2.45) is 0 Å². The molecule has 1 aliphatic carbocycles. The van der Waals surface area contributed by atoms with Gasteiger partial charge >= 0.3 is 0 Å². The number of carbonyl (C=O) groups is 1. The zero-order chi connectivity index (χ0) is 13.7. The maximum atomic E-state index is 11.9. The van der Waals surface area contributed by atoms with Crippen LogP contribution in [-0.4, -0.2) is 12.4 Å². The average molecular weight is 252 g/mol. The van der Waals surface area contributed by atoms with Crippen molar-refractivity contribution in [2.45, 2.75) is 19.3 Å². The van der Waals surface area contributed by atoms with E-state index in [9.17, 15) is 4.79 Å². The smallest absolute Gasteiger partial charge is 0.163 e. The van der Waals surface area contributed by atoms with Gasteiger partial charge in [0.05, 0.1) is 0 Å².